The molecule has 0 atom stereocenters. The highest BCUT2D eigenvalue weighted by atomic mass is 19.1. The molecule has 0 unspecified atom stereocenters. The van der Waals surface area contributed by atoms with Gasteiger partial charge in [0.2, 0.25) is 5.91 Å². The van der Waals surface area contributed by atoms with Crippen molar-refractivity contribution in [3.8, 4) is 11.4 Å². The molecule has 2 heterocycles. The first-order valence-corrected chi connectivity index (χ1v) is 10.1. The van der Waals surface area contributed by atoms with Crippen LogP contribution in [0.3, 0.4) is 0 Å². The molecule has 2 aromatic rings. The van der Waals surface area contributed by atoms with Crippen LogP contribution >= 0.6 is 0 Å². The Balaban J connectivity index is 1.63. The molecule has 2 fully saturated rings. The van der Waals surface area contributed by atoms with Gasteiger partial charge in [0, 0.05) is 24.6 Å². The lowest BCUT2D eigenvalue weighted by Crippen LogP contribution is -2.38. The molecule has 1 amide bonds. The lowest BCUT2D eigenvalue weighted by molar-refractivity contribution is -0.133. The summed E-state index contributed by atoms with van der Waals surface area (Å²) in [6, 6.07) is 4.95. The summed E-state index contributed by atoms with van der Waals surface area (Å²) < 4.78 is 15.4. The van der Waals surface area contributed by atoms with Crippen molar-refractivity contribution in [3.63, 3.8) is 0 Å². The van der Waals surface area contributed by atoms with Crippen LogP contribution in [0.4, 0.5) is 4.39 Å². The van der Waals surface area contributed by atoms with E-state index in [1.165, 1.54) is 25.3 Å². The lowest BCUT2D eigenvalue weighted by atomic mass is 10.1. The summed E-state index contributed by atoms with van der Waals surface area (Å²) in [6.07, 6.45) is 7.95. The molecule has 0 bridgehead atoms. The quantitative estimate of drug-likeness (QED) is 0.815. The Morgan fingerprint density at radius 3 is 2.59 bits per heavy atom. The topological polar surface area (TPSA) is 51.0 Å². The van der Waals surface area contributed by atoms with Crippen LogP contribution in [0, 0.1) is 12.7 Å². The highest BCUT2D eigenvalue weighted by Crippen LogP contribution is 2.34. The van der Waals surface area contributed by atoms with Crippen LogP contribution in [0.5, 0.6) is 0 Å². The van der Waals surface area contributed by atoms with Crippen molar-refractivity contribution in [2.24, 2.45) is 0 Å². The molecule has 1 aromatic carbocycles. The van der Waals surface area contributed by atoms with Crippen LogP contribution in [0.2, 0.25) is 0 Å². The summed E-state index contributed by atoms with van der Waals surface area (Å²) in [5, 5.41) is 4.67. The largest absolute Gasteiger partial charge is 0.341 e. The summed E-state index contributed by atoms with van der Waals surface area (Å²) in [6.45, 7) is 3.68. The van der Waals surface area contributed by atoms with E-state index in [-0.39, 0.29) is 18.3 Å². The van der Waals surface area contributed by atoms with E-state index in [0.717, 1.165) is 50.2 Å². The first-order valence-electron chi connectivity index (χ1n) is 10.1. The third kappa shape index (κ3) is 3.89. The Hall–Kier alpha value is -2.24. The zero-order chi connectivity index (χ0) is 18.8. The van der Waals surface area contributed by atoms with Crippen molar-refractivity contribution in [3.05, 3.63) is 35.4 Å². The van der Waals surface area contributed by atoms with E-state index in [0.29, 0.717) is 17.3 Å². The number of rotatable bonds is 4. The molecule has 27 heavy (non-hydrogen) atoms. The van der Waals surface area contributed by atoms with Gasteiger partial charge in [0.05, 0.1) is 0 Å². The normalized spacial score (nSPS) is 18.2. The minimum atomic E-state index is -0.227. The average Bonchev–Trinajstić information content (AvgIpc) is 3.34. The molecule has 1 saturated heterocycles. The Labute approximate surface area is 159 Å². The molecule has 4 rings (SSSR count). The molecule has 1 saturated carbocycles. The van der Waals surface area contributed by atoms with Gasteiger partial charge in [-0.15, -0.1) is 0 Å². The maximum atomic E-state index is 13.6. The molecule has 6 heteroatoms. The number of amides is 1. The van der Waals surface area contributed by atoms with Crippen molar-refractivity contribution in [2.45, 2.75) is 64.3 Å². The zero-order valence-corrected chi connectivity index (χ0v) is 16.0. The molecular formula is C21H27FN4O. The van der Waals surface area contributed by atoms with Crippen LogP contribution < -0.4 is 0 Å². The van der Waals surface area contributed by atoms with Crippen LogP contribution in [-0.4, -0.2) is 38.7 Å². The second kappa shape index (κ2) is 7.79. The van der Waals surface area contributed by atoms with E-state index < -0.39 is 0 Å². The van der Waals surface area contributed by atoms with Gasteiger partial charge in [-0.1, -0.05) is 12.8 Å². The van der Waals surface area contributed by atoms with E-state index in [2.05, 4.69) is 5.10 Å². The average molecular weight is 370 g/mol. The smallest absolute Gasteiger partial charge is 0.244 e. The van der Waals surface area contributed by atoms with Gasteiger partial charge in [0.15, 0.2) is 5.82 Å². The number of likely N-dealkylation sites (tertiary alicyclic amines) is 1. The van der Waals surface area contributed by atoms with Gasteiger partial charge < -0.3 is 4.90 Å². The number of aromatic nitrogens is 3. The summed E-state index contributed by atoms with van der Waals surface area (Å²) in [5.41, 5.74) is 1.38. The van der Waals surface area contributed by atoms with Crippen LogP contribution in [0.1, 0.15) is 62.3 Å². The predicted octanol–water partition coefficient (Wildman–Crippen LogP) is 4.06. The molecule has 5 nitrogen and oxygen atoms in total. The third-order valence-electron chi connectivity index (χ3n) is 5.83. The number of halogens is 1. The fourth-order valence-corrected chi connectivity index (χ4v) is 4.23. The molecular weight excluding hydrogens is 343 g/mol. The Morgan fingerprint density at radius 1 is 1.15 bits per heavy atom. The molecule has 144 valence electrons. The molecule has 1 aliphatic heterocycles. The molecule has 1 aromatic heterocycles. The van der Waals surface area contributed by atoms with E-state index in [1.807, 2.05) is 4.90 Å². The molecule has 1 aliphatic carbocycles. The Kier molecular flexibility index (Phi) is 5.23. The van der Waals surface area contributed by atoms with Crippen LogP contribution in [-0.2, 0) is 11.3 Å². The molecule has 0 N–H and O–H groups in total. The number of piperidine rings is 1. The van der Waals surface area contributed by atoms with E-state index >= 15 is 0 Å². The number of carbonyl (C=O) groups excluding carboxylic acids is 1. The third-order valence-corrected chi connectivity index (χ3v) is 5.83. The van der Waals surface area contributed by atoms with Crippen molar-refractivity contribution >= 4 is 5.91 Å². The summed E-state index contributed by atoms with van der Waals surface area (Å²) >= 11 is 0. The summed E-state index contributed by atoms with van der Waals surface area (Å²) in [5.74, 6) is 1.76. The number of aryl methyl sites for hydroxylation is 1. The maximum absolute atomic E-state index is 13.6. The minimum absolute atomic E-state index is 0.126. The van der Waals surface area contributed by atoms with Gasteiger partial charge in [0.1, 0.15) is 18.2 Å². The van der Waals surface area contributed by atoms with Crippen molar-refractivity contribution in [2.75, 3.05) is 13.1 Å². The maximum Gasteiger partial charge on any atom is 0.244 e. The fourth-order valence-electron chi connectivity index (χ4n) is 4.23. The van der Waals surface area contributed by atoms with E-state index in [1.54, 1.807) is 23.7 Å². The molecule has 0 radical (unpaired) electrons. The number of hydrogen-bond donors (Lipinski definition) is 0. The molecule has 0 spiro atoms. The Morgan fingerprint density at radius 2 is 1.89 bits per heavy atom. The first-order chi connectivity index (χ1) is 13.1. The van der Waals surface area contributed by atoms with Crippen LogP contribution in [0.15, 0.2) is 18.2 Å². The van der Waals surface area contributed by atoms with E-state index in [9.17, 15) is 9.18 Å². The number of hydrogen-bond acceptors (Lipinski definition) is 3. The number of nitrogens with zero attached hydrogens (tertiary/aromatic N) is 4. The Bertz CT molecular complexity index is 820. The standard InChI is InChI=1S/C21H27FN4O/c1-15-13-17(9-10-18(15)22)20-23-21(16-7-3-4-8-16)26(24-20)14-19(27)25-11-5-2-6-12-25/h9-10,13,16H,2-8,11-12,14H2,1H3. The second-order valence-corrected chi connectivity index (χ2v) is 7.84. The SMILES string of the molecule is Cc1cc(-c2nc(C3CCCC3)n(CC(=O)N3CCCCC3)n2)ccc1F. The van der Waals surface area contributed by atoms with Crippen molar-refractivity contribution in [1.82, 2.24) is 19.7 Å². The van der Waals surface area contributed by atoms with Crippen molar-refractivity contribution in [1.29, 1.82) is 0 Å². The fraction of sp³-hybridized carbons (Fsp3) is 0.571. The van der Waals surface area contributed by atoms with Gasteiger partial charge in [-0.2, -0.15) is 5.10 Å². The highest BCUT2D eigenvalue weighted by molar-refractivity contribution is 5.76. The van der Waals surface area contributed by atoms with Gasteiger partial charge in [-0.05, 0) is 62.8 Å². The summed E-state index contributed by atoms with van der Waals surface area (Å²) in [4.78, 5) is 19.5. The lowest BCUT2D eigenvalue weighted by Gasteiger charge is -2.27. The zero-order valence-electron chi connectivity index (χ0n) is 16.0. The monoisotopic (exact) mass is 370 g/mol. The number of carbonyl (C=O) groups is 1. The van der Waals surface area contributed by atoms with Crippen LogP contribution in [0.25, 0.3) is 11.4 Å². The molecule has 2 aliphatic rings. The summed E-state index contributed by atoms with van der Waals surface area (Å²) in [7, 11) is 0. The van der Waals surface area contributed by atoms with Gasteiger partial charge in [-0.25, -0.2) is 14.1 Å². The second-order valence-electron chi connectivity index (χ2n) is 7.84. The first kappa shape index (κ1) is 18.1. The van der Waals surface area contributed by atoms with Gasteiger partial charge in [-0.3, -0.25) is 4.79 Å². The predicted molar refractivity (Wildman–Crippen MR) is 102 cm³/mol. The van der Waals surface area contributed by atoms with E-state index in [4.69, 9.17) is 4.98 Å². The minimum Gasteiger partial charge on any atom is -0.341 e. The van der Waals surface area contributed by atoms with Gasteiger partial charge in [0.25, 0.3) is 0 Å². The van der Waals surface area contributed by atoms with Gasteiger partial charge >= 0.3 is 0 Å². The number of benzene rings is 1. The highest BCUT2D eigenvalue weighted by Gasteiger charge is 2.26. The van der Waals surface area contributed by atoms with Crippen molar-refractivity contribution < 1.29 is 9.18 Å².